The van der Waals surface area contributed by atoms with Crippen LogP contribution in [-0.4, -0.2) is 37.0 Å². The number of unbranched alkanes of at least 4 members (excludes halogenated alkanes) is 36. The maximum Gasteiger partial charge on any atom is 0.306 e. The van der Waals surface area contributed by atoms with Gasteiger partial charge in [-0.15, -0.1) is 0 Å². The van der Waals surface area contributed by atoms with Crippen LogP contribution < -0.4 is 0 Å². The summed E-state index contributed by atoms with van der Waals surface area (Å²) in [5, 5.41) is 9.66. The van der Waals surface area contributed by atoms with Crippen LogP contribution in [0.1, 0.15) is 284 Å². The van der Waals surface area contributed by atoms with Crippen molar-refractivity contribution in [1.82, 2.24) is 0 Å². The van der Waals surface area contributed by atoms with Gasteiger partial charge in [0.1, 0.15) is 6.10 Å². The molecule has 4 heteroatoms. The Hall–Kier alpha value is -1.39. The Morgan fingerprint density at radius 1 is 0.407 bits per heavy atom. The summed E-state index contributed by atoms with van der Waals surface area (Å²) in [4.78, 5) is 12.3. The van der Waals surface area contributed by atoms with E-state index in [2.05, 4.69) is 50.3 Å². The Morgan fingerprint density at radius 3 is 1.07 bits per heavy atom. The molecule has 0 aromatic heterocycles. The fourth-order valence-corrected chi connectivity index (χ4v) is 7.94. The second kappa shape index (κ2) is 52.7. The number of carbonyl (C=O) groups excluding carboxylic acids is 1. The van der Waals surface area contributed by atoms with Gasteiger partial charge >= 0.3 is 5.97 Å². The van der Waals surface area contributed by atoms with Crippen LogP contribution in [0.15, 0.2) is 36.5 Å². The van der Waals surface area contributed by atoms with Gasteiger partial charge < -0.3 is 14.6 Å². The van der Waals surface area contributed by atoms with Crippen LogP contribution in [0.2, 0.25) is 0 Å². The molecule has 0 aliphatic rings. The Labute approximate surface area is 370 Å². The lowest BCUT2D eigenvalue weighted by Gasteiger charge is -2.16. The van der Waals surface area contributed by atoms with Crippen molar-refractivity contribution in [3.63, 3.8) is 0 Å². The van der Waals surface area contributed by atoms with E-state index in [9.17, 15) is 9.90 Å². The van der Waals surface area contributed by atoms with E-state index in [-0.39, 0.29) is 12.6 Å². The van der Waals surface area contributed by atoms with E-state index in [1.54, 1.807) is 0 Å². The van der Waals surface area contributed by atoms with Crippen molar-refractivity contribution < 1.29 is 19.4 Å². The molecular weight excluding hydrogens is 725 g/mol. The molecule has 0 saturated carbocycles. The van der Waals surface area contributed by atoms with Gasteiger partial charge in [0.05, 0.1) is 13.2 Å². The molecular formula is C55H104O4. The highest BCUT2D eigenvalue weighted by atomic mass is 16.6. The normalized spacial score (nSPS) is 12.5. The Balaban J connectivity index is 3.38. The van der Waals surface area contributed by atoms with E-state index in [0.29, 0.717) is 19.6 Å². The van der Waals surface area contributed by atoms with E-state index in [4.69, 9.17) is 9.47 Å². The molecule has 0 saturated heterocycles. The molecule has 0 radical (unpaired) electrons. The number of ether oxygens (including phenoxy) is 2. The minimum atomic E-state index is -0.535. The van der Waals surface area contributed by atoms with Gasteiger partial charge in [-0.25, -0.2) is 0 Å². The number of aliphatic hydroxyl groups is 1. The highest BCUT2D eigenvalue weighted by molar-refractivity contribution is 5.69. The summed E-state index contributed by atoms with van der Waals surface area (Å²) < 4.78 is 11.2. The summed E-state index contributed by atoms with van der Waals surface area (Å²) in [5.41, 5.74) is 0. The molecule has 4 nitrogen and oxygen atoms in total. The van der Waals surface area contributed by atoms with Crippen LogP contribution >= 0.6 is 0 Å². The molecule has 0 aliphatic heterocycles. The molecule has 0 amide bonds. The SMILES string of the molecule is CCCCCCC/C=C\C/C=C\CCCCCCCCCCCCCC(=O)OC(CO)COCCCCCCCCCCCCCC/C=C\CCCCCCCCCC. The number of hydrogen-bond acceptors (Lipinski definition) is 4. The Kier molecular flexibility index (Phi) is 51.5. The van der Waals surface area contributed by atoms with Gasteiger partial charge in [0.2, 0.25) is 0 Å². The first-order valence-electron chi connectivity index (χ1n) is 26.6. The van der Waals surface area contributed by atoms with E-state index in [1.807, 2.05) is 0 Å². The van der Waals surface area contributed by atoms with Gasteiger partial charge in [-0.3, -0.25) is 4.79 Å². The molecule has 348 valence electrons. The van der Waals surface area contributed by atoms with Crippen LogP contribution in [-0.2, 0) is 14.3 Å². The molecule has 59 heavy (non-hydrogen) atoms. The highest BCUT2D eigenvalue weighted by Crippen LogP contribution is 2.16. The van der Waals surface area contributed by atoms with Crippen LogP contribution in [0.3, 0.4) is 0 Å². The van der Waals surface area contributed by atoms with Crippen LogP contribution in [0.4, 0.5) is 0 Å². The topological polar surface area (TPSA) is 55.8 Å². The van der Waals surface area contributed by atoms with Crippen LogP contribution in [0.5, 0.6) is 0 Å². The first kappa shape index (κ1) is 57.6. The van der Waals surface area contributed by atoms with E-state index >= 15 is 0 Å². The van der Waals surface area contributed by atoms with Crippen LogP contribution in [0, 0.1) is 0 Å². The lowest BCUT2D eigenvalue weighted by Crippen LogP contribution is -2.27. The zero-order valence-corrected chi connectivity index (χ0v) is 40.0. The predicted molar refractivity (Wildman–Crippen MR) is 260 cm³/mol. The number of allylic oxidation sites excluding steroid dienone is 6. The third kappa shape index (κ3) is 50.9. The average molecular weight is 829 g/mol. The van der Waals surface area contributed by atoms with Gasteiger partial charge in [0.25, 0.3) is 0 Å². The van der Waals surface area contributed by atoms with E-state index in [0.717, 1.165) is 25.7 Å². The van der Waals surface area contributed by atoms with Crippen molar-refractivity contribution in [2.24, 2.45) is 0 Å². The van der Waals surface area contributed by atoms with Crippen molar-refractivity contribution in [3.05, 3.63) is 36.5 Å². The zero-order chi connectivity index (χ0) is 42.6. The summed E-state index contributed by atoms with van der Waals surface area (Å²) in [6, 6.07) is 0. The van der Waals surface area contributed by atoms with E-state index < -0.39 is 6.10 Å². The maximum atomic E-state index is 12.3. The van der Waals surface area contributed by atoms with Gasteiger partial charge in [0, 0.05) is 13.0 Å². The van der Waals surface area contributed by atoms with Gasteiger partial charge in [0.15, 0.2) is 0 Å². The standard InChI is InChI=1S/C55H104O4/c1-3-5-7-9-11-13-15-17-19-21-23-25-27-29-31-33-35-37-39-41-43-45-47-49-51-58-53-54(52-56)59-55(57)50-48-46-44-42-40-38-36-34-32-30-28-26-24-22-20-18-16-14-12-10-8-6-4-2/h16,18,21-24,54,56H,3-15,17,19-20,25-53H2,1-2H3/b18-16-,23-21-,24-22-. The molecule has 0 spiro atoms. The number of aliphatic hydroxyl groups excluding tert-OH is 1. The molecule has 0 aromatic rings. The van der Waals surface area contributed by atoms with Crippen molar-refractivity contribution in [3.8, 4) is 0 Å². The fraction of sp³-hybridized carbons (Fsp3) is 0.873. The van der Waals surface area contributed by atoms with Crippen molar-refractivity contribution in [1.29, 1.82) is 0 Å². The second-order valence-corrected chi connectivity index (χ2v) is 17.9. The lowest BCUT2D eigenvalue weighted by molar-refractivity contribution is -0.154. The van der Waals surface area contributed by atoms with Crippen molar-refractivity contribution >= 4 is 5.97 Å². The molecule has 1 unspecified atom stereocenters. The second-order valence-electron chi connectivity index (χ2n) is 17.9. The molecule has 0 fully saturated rings. The fourth-order valence-electron chi connectivity index (χ4n) is 7.94. The zero-order valence-electron chi connectivity index (χ0n) is 40.0. The summed E-state index contributed by atoms with van der Waals surface area (Å²) in [6.45, 7) is 5.37. The average Bonchev–Trinajstić information content (AvgIpc) is 3.24. The number of rotatable bonds is 50. The highest BCUT2D eigenvalue weighted by Gasteiger charge is 2.13. The maximum absolute atomic E-state index is 12.3. The Bertz CT molecular complexity index is 878. The van der Waals surface area contributed by atoms with Gasteiger partial charge in [-0.2, -0.15) is 0 Å². The first-order chi connectivity index (χ1) is 29.2. The summed E-state index contributed by atoms with van der Waals surface area (Å²) in [6.07, 6.45) is 68.2. The van der Waals surface area contributed by atoms with Gasteiger partial charge in [-0.05, 0) is 70.6 Å². The van der Waals surface area contributed by atoms with Gasteiger partial charge in [-0.1, -0.05) is 243 Å². The number of esters is 1. The summed E-state index contributed by atoms with van der Waals surface area (Å²) in [7, 11) is 0. The third-order valence-corrected chi connectivity index (χ3v) is 11.9. The quantitative estimate of drug-likeness (QED) is 0.0377. The van der Waals surface area contributed by atoms with Crippen LogP contribution in [0.25, 0.3) is 0 Å². The smallest absolute Gasteiger partial charge is 0.306 e. The van der Waals surface area contributed by atoms with Crippen molar-refractivity contribution in [2.75, 3.05) is 19.8 Å². The first-order valence-corrected chi connectivity index (χ1v) is 26.6. The minimum absolute atomic E-state index is 0.170. The summed E-state index contributed by atoms with van der Waals surface area (Å²) in [5.74, 6) is -0.198. The summed E-state index contributed by atoms with van der Waals surface area (Å²) >= 11 is 0. The molecule has 0 bridgehead atoms. The Morgan fingerprint density at radius 2 is 0.712 bits per heavy atom. The molecule has 1 N–H and O–H groups in total. The molecule has 1 atom stereocenters. The number of hydrogen-bond donors (Lipinski definition) is 1. The largest absolute Gasteiger partial charge is 0.457 e. The molecule has 0 aromatic carbocycles. The number of carbonyl (C=O) groups is 1. The third-order valence-electron chi connectivity index (χ3n) is 11.9. The predicted octanol–water partition coefficient (Wildman–Crippen LogP) is 18.0. The van der Waals surface area contributed by atoms with E-state index in [1.165, 1.54) is 238 Å². The van der Waals surface area contributed by atoms with Crippen molar-refractivity contribution in [2.45, 2.75) is 290 Å². The minimum Gasteiger partial charge on any atom is -0.457 e. The molecule has 0 aliphatic carbocycles. The molecule has 0 heterocycles. The lowest BCUT2D eigenvalue weighted by atomic mass is 10.0. The molecule has 0 rings (SSSR count). The monoisotopic (exact) mass is 829 g/mol.